The molecule has 0 aliphatic heterocycles. The summed E-state index contributed by atoms with van der Waals surface area (Å²) in [5.41, 5.74) is 3.58. The van der Waals surface area contributed by atoms with Crippen molar-refractivity contribution in [3.8, 4) is 10.8 Å². The lowest BCUT2D eigenvalue weighted by Crippen LogP contribution is -2.07. The van der Waals surface area contributed by atoms with Crippen LogP contribution in [0.1, 0.15) is 11.1 Å². The highest BCUT2D eigenvalue weighted by molar-refractivity contribution is 7.09. The number of hydrogen-bond acceptors (Lipinski definition) is 4. The Hall–Kier alpha value is -1.82. The summed E-state index contributed by atoms with van der Waals surface area (Å²) in [4.78, 5) is 6.37. The second-order valence-electron chi connectivity index (χ2n) is 5.94. The van der Waals surface area contributed by atoms with Gasteiger partial charge in [0.1, 0.15) is 11.3 Å². The zero-order chi connectivity index (χ0) is 18.1. The van der Waals surface area contributed by atoms with Gasteiger partial charge in [0.25, 0.3) is 0 Å². The molecule has 7 heteroatoms. The number of hydrogen-bond donors (Lipinski definition) is 0. The molecule has 0 radical (unpaired) electrons. The third-order valence-electron chi connectivity index (χ3n) is 3.63. The summed E-state index contributed by atoms with van der Waals surface area (Å²) in [6.07, 6.45) is 1.78. The van der Waals surface area contributed by atoms with Gasteiger partial charge in [0.05, 0.1) is 27.5 Å². The van der Waals surface area contributed by atoms with Crippen LogP contribution in [0.2, 0.25) is 10.0 Å². The Morgan fingerprint density at radius 2 is 1.84 bits per heavy atom. The monoisotopic (exact) mass is 393 g/mol. The Morgan fingerprint density at radius 1 is 1.12 bits per heavy atom. The second kappa shape index (κ2) is 7.20. The van der Waals surface area contributed by atoms with Crippen molar-refractivity contribution in [1.29, 1.82) is 0 Å². The van der Waals surface area contributed by atoms with Crippen molar-refractivity contribution < 1.29 is 4.74 Å². The van der Waals surface area contributed by atoms with Crippen LogP contribution in [0.3, 0.4) is 0 Å². The fourth-order valence-electron chi connectivity index (χ4n) is 2.33. The van der Waals surface area contributed by atoms with Gasteiger partial charge in [0.15, 0.2) is 0 Å². The molecule has 3 aromatic rings. The topological polar surface area (TPSA) is 37.7 Å². The van der Waals surface area contributed by atoms with Crippen LogP contribution in [0.4, 0.5) is 5.69 Å². The molecule has 0 saturated carbocycles. The van der Waals surface area contributed by atoms with Crippen molar-refractivity contribution in [2.24, 2.45) is 4.99 Å². The summed E-state index contributed by atoms with van der Waals surface area (Å²) in [5.74, 6) is 0.753. The maximum atomic E-state index is 6.31. The molecule has 1 heterocycles. The molecular weight excluding hydrogens is 377 g/mol. The molecular formula is C18H17Cl2N3OS. The first kappa shape index (κ1) is 18.0. The molecule has 0 aliphatic carbocycles. The molecule has 0 saturated heterocycles. The van der Waals surface area contributed by atoms with E-state index in [1.165, 1.54) is 11.5 Å². The minimum absolute atomic E-state index is 0.562. The molecule has 25 heavy (non-hydrogen) atoms. The van der Waals surface area contributed by atoms with Crippen molar-refractivity contribution >= 4 is 57.7 Å². The maximum absolute atomic E-state index is 6.31. The summed E-state index contributed by atoms with van der Waals surface area (Å²) in [6.45, 7) is 3.99. The fourth-order valence-corrected chi connectivity index (χ4v) is 3.66. The van der Waals surface area contributed by atoms with Gasteiger partial charge < -0.3 is 9.64 Å². The van der Waals surface area contributed by atoms with Crippen LogP contribution in [0.25, 0.3) is 10.9 Å². The Morgan fingerprint density at radius 3 is 2.56 bits per heavy atom. The number of nitrogens with zero attached hydrogens (tertiary/aromatic N) is 3. The Bertz CT molecular complexity index is 967. The van der Waals surface area contributed by atoms with Crippen LogP contribution in [-0.2, 0) is 0 Å². The van der Waals surface area contributed by atoms with Gasteiger partial charge in [-0.1, -0.05) is 23.2 Å². The molecule has 0 atom stereocenters. The molecule has 0 aliphatic rings. The van der Waals surface area contributed by atoms with Gasteiger partial charge in [-0.3, -0.25) is 0 Å². The molecule has 130 valence electrons. The zero-order valence-corrected chi connectivity index (χ0v) is 16.6. The van der Waals surface area contributed by atoms with Gasteiger partial charge in [-0.2, -0.15) is 4.37 Å². The Labute approximate surface area is 160 Å². The van der Waals surface area contributed by atoms with E-state index in [0.29, 0.717) is 20.6 Å². The van der Waals surface area contributed by atoms with Crippen LogP contribution in [0.15, 0.2) is 29.3 Å². The number of ether oxygens (including phenoxy) is 1. The van der Waals surface area contributed by atoms with E-state index in [-0.39, 0.29) is 0 Å². The van der Waals surface area contributed by atoms with Crippen LogP contribution >= 0.6 is 34.7 Å². The average Bonchev–Trinajstić information content (AvgIpc) is 2.98. The zero-order valence-electron chi connectivity index (χ0n) is 14.3. The van der Waals surface area contributed by atoms with Crippen molar-refractivity contribution in [3.05, 3.63) is 45.4 Å². The summed E-state index contributed by atoms with van der Waals surface area (Å²) in [7, 11) is 3.87. The standard InChI is InChI=1S/C18H17Cl2N3OS/c1-10-8-15(11(2)7-14(10)21-9-23(3)4)24-18-16-12(19)5-6-13(20)17(16)22-25-18/h5-9H,1-4H3. The molecule has 2 aromatic carbocycles. The van der Waals surface area contributed by atoms with Gasteiger partial charge >= 0.3 is 0 Å². The molecule has 0 unspecified atom stereocenters. The number of aliphatic imine (C=N–C) groups is 1. The van der Waals surface area contributed by atoms with Gasteiger partial charge in [0.2, 0.25) is 5.06 Å². The van der Waals surface area contributed by atoms with Gasteiger partial charge in [-0.25, -0.2) is 4.99 Å². The molecule has 0 N–H and O–H groups in total. The van der Waals surface area contributed by atoms with Crippen molar-refractivity contribution in [2.75, 3.05) is 14.1 Å². The van der Waals surface area contributed by atoms with Gasteiger partial charge in [-0.15, -0.1) is 0 Å². The molecule has 0 fully saturated rings. The van der Waals surface area contributed by atoms with Crippen LogP contribution in [0, 0.1) is 13.8 Å². The van der Waals surface area contributed by atoms with Crippen molar-refractivity contribution in [2.45, 2.75) is 13.8 Å². The van der Waals surface area contributed by atoms with Gasteiger partial charge in [0, 0.05) is 25.6 Å². The second-order valence-corrected chi connectivity index (χ2v) is 7.49. The van der Waals surface area contributed by atoms with E-state index in [0.717, 1.165) is 28.0 Å². The number of aryl methyl sites for hydroxylation is 2. The first-order valence-electron chi connectivity index (χ1n) is 7.60. The smallest absolute Gasteiger partial charge is 0.209 e. The lowest BCUT2D eigenvalue weighted by Gasteiger charge is -2.11. The Kier molecular flexibility index (Phi) is 5.18. The highest BCUT2D eigenvalue weighted by atomic mass is 35.5. The normalized spacial score (nSPS) is 11.4. The SMILES string of the molecule is Cc1cc(Oc2snc3c(Cl)ccc(Cl)c23)c(C)cc1N=CN(C)C. The lowest BCUT2D eigenvalue weighted by molar-refractivity contribution is 0.497. The van der Waals surface area contributed by atoms with Gasteiger partial charge in [-0.05, 0) is 49.2 Å². The van der Waals surface area contributed by atoms with E-state index >= 15 is 0 Å². The predicted molar refractivity (Wildman–Crippen MR) is 107 cm³/mol. The molecule has 0 amide bonds. The third-order valence-corrected chi connectivity index (χ3v) is 4.97. The first-order chi connectivity index (χ1) is 11.9. The van der Waals surface area contributed by atoms with E-state index in [2.05, 4.69) is 9.37 Å². The maximum Gasteiger partial charge on any atom is 0.209 e. The number of aromatic nitrogens is 1. The van der Waals surface area contributed by atoms with E-state index in [4.69, 9.17) is 27.9 Å². The quantitative estimate of drug-likeness (QED) is 0.389. The van der Waals surface area contributed by atoms with Crippen LogP contribution < -0.4 is 4.74 Å². The highest BCUT2D eigenvalue weighted by Crippen LogP contribution is 2.42. The number of halogens is 2. The lowest BCUT2D eigenvalue weighted by atomic mass is 10.1. The molecule has 0 bridgehead atoms. The summed E-state index contributed by atoms with van der Waals surface area (Å²) in [6, 6.07) is 7.47. The van der Waals surface area contributed by atoms with Crippen molar-refractivity contribution in [1.82, 2.24) is 9.27 Å². The summed E-state index contributed by atoms with van der Waals surface area (Å²) in [5, 5.41) is 2.51. The van der Waals surface area contributed by atoms with Crippen LogP contribution in [0.5, 0.6) is 10.8 Å². The number of rotatable bonds is 4. The summed E-state index contributed by atoms with van der Waals surface area (Å²) >= 11 is 13.7. The molecule has 3 rings (SSSR count). The van der Waals surface area contributed by atoms with E-state index < -0.39 is 0 Å². The van der Waals surface area contributed by atoms with E-state index in [9.17, 15) is 0 Å². The average molecular weight is 394 g/mol. The van der Waals surface area contributed by atoms with E-state index in [1.807, 2.05) is 45.0 Å². The number of fused-ring (bicyclic) bond motifs is 1. The fraction of sp³-hybridized carbons (Fsp3) is 0.222. The molecule has 0 spiro atoms. The van der Waals surface area contributed by atoms with Crippen molar-refractivity contribution in [3.63, 3.8) is 0 Å². The first-order valence-corrected chi connectivity index (χ1v) is 9.13. The van der Waals surface area contributed by atoms with Crippen LogP contribution in [-0.4, -0.2) is 29.7 Å². The molecule has 1 aromatic heterocycles. The minimum Gasteiger partial charge on any atom is -0.444 e. The largest absolute Gasteiger partial charge is 0.444 e. The molecule has 4 nitrogen and oxygen atoms in total. The Balaban J connectivity index is 1.99. The third kappa shape index (κ3) is 3.73. The van der Waals surface area contributed by atoms with E-state index in [1.54, 1.807) is 18.5 Å². The summed E-state index contributed by atoms with van der Waals surface area (Å²) < 4.78 is 10.5. The number of benzene rings is 2. The highest BCUT2D eigenvalue weighted by Gasteiger charge is 2.16. The minimum atomic E-state index is 0.562. The predicted octanol–water partition coefficient (Wildman–Crippen LogP) is 6.23.